The first kappa shape index (κ1) is 17.3. The van der Waals surface area contributed by atoms with Crippen molar-refractivity contribution in [3.05, 3.63) is 29.3 Å². The third-order valence-corrected chi connectivity index (χ3v) is 2.82. The van der Waals surface area contributed by atoms with Gasteiger partial charge in [-0.05, 0) is 24.6 Å². The lowest BCUT2D eigenvalue weighted by Crippen LogP contribution is -2.39. The minimum absolute atomic E-state index is 0.00111. The van der Waals surface area contributed by atoms with Crippen molar-refractivity contribution in [2.24, 2.45) is 0 Å². The van der Waals surface area contributed by atoms with Gasteiger partial charge in [-0.3, -0.25) is 0 Å². The Morgan fingerprint density at radius 1 is 1.24 bits per heavy atom. The molecule has 0 aromatic heterocycles. The topological polar surface area (TPSA) is 72.8 Å². The third-order valence-electron chi connectivity index (χ3n) is 2.82. The molecule has 0 heterocycles. The summed E-state index contributed by atoms with van der Waals surface area (Å²) >= 11 is 0. The van der Waals surface area contributed by atoms with Crippen molar-refractivity contribution in [1.82, 2.24) is 4.90 Å². The number of benzene rings is 1. The summed E-state index contributed by atoms with van der Waals surface area (Å²) in [5, 5.41) is 19.9. The maximum absolute atomic E-state index is 12.8. The van der Waals surface area contributed by atoms with Crippen molar-refractivity contribution < 1.29 is 28.2 Å². The van der Waals surface area contributed by atoms with Crippen LogP contribution in [0.5, 0.6) is 0 Å². The molecule has 0 saturated carbocycles. The number of urea groups is 1. The van der Waals surface area contributed by atoms with Crippen molar-refractivity contribution in [3.63, 3.8) is 0 Å². The van der Waals surface area contributed by atoms with Gasteiger partial charge in [0.1, 0.15) is 0 Å². The molecule has 1 aromatic carbocycles. The zero-order chi connectivity index (χ0) is 16.0. The summed E-state index contributed by atoms with van der Waals surface area (Å²) in [6, 6.07) is 2.79. The predicted molar refractivity (Wildman–Crippen MR) is 70.9 cm³/mol. The van der Waals surface area contributed by atoms with E-state index in [9.17, 15) is 18.0 Å². The van der Waals surface area contributed by atoms with Gasteiger partial charge < -0.3 is 20.4 Å². The highest BCUT2D eigenvalue weighted by molar-refractivity contribution is 5.89. The molecule has 0 aliphatic rings. The van der Waals surface area contributed by atoms with Crippen molar-refractivity contribution in [1.29, 1.82) is 0 Å². The zero-order valence-electron chi connectivity index (χ0n) is 11.4. The molecule has 21 heavy (non-hydrogen) atoms. The highest BCUT2D eigenvalue weighted by atomic mass is 19.4. The number of alkyl halides is 3. The van der Waals surface area contributed by atoms with E-state index in [1.807, 2.05) is 0 Å². The van der Waals surface area contributed by atoms with Crippen LogP contribution in [-0.4, -0.2) is 47.4 Å². The largest absolute Gasteiger partial charge is 0.416 e. The maximum Gasteiger partial charge on any atom is 0.416 e. The van der Waals surface area contributed by atoms with Crippen molar-refractivity contribution in [2.75, 3.05) is 31.6 Å². The highest BCUT2D eigenvalue weighted by Crippen LogP contribution is 2.33. The summed E-state index contributed by atoms with van der Waals surface area (Å²) in [7, 11) is 0. The van der Waals surface area contributed by atoms with Crippen LogP contribution in [0.1, 0.15) is 11.1 Å². The first-order valence-corrected chi connectivity index (χ1v) is 6.25. The minimum Gasteiger partial charge on any atom is -0.395 e. The lowest BCUT2D eigenvalue weighted by atomic mass is 10.1. The number of hydrogen-bond acceptors (Lipinski definition) is 3. The zero-order valence-corrected chi connectivity index (χ0v) is 11.4. The molecule has 0 bridgehead atoms. The second kappa shape index (κ2) is 7.28. The van der Waals surface area contributed by atoms with Crippen LogP contribution < -0.4 is 5.32 Å². The van der Waals surface area contributed by atoms with Crippen molar-refractivity contribution >= 4 is 11.7 Å². The van der Waals surface area contributed by atoms with Gasteiger partial charge in [-0.25, -0.2) is 4.79 Å². The second-order valence-electron chi connectivity index (χ2n) is 4.39. The Morgan fingerprint density at radius 2 is 1.81 bits per heavy atom. The quantitative estimate of drug-likeness (QED) is 0.777. The van der Waals surface area contributed by atoms with E-state index < -0.39 is 17.8 Å². The van der Waals surface area contributed by atoms with Crippen LogP contribution in [-0.2, 0) is 6.18 Å². The average molecular weight is 306 g/mol. The van der Waals surface area contributed by atoms with Gasteiger partial charge in [-0.2, -0.15) is 13.2 Å². The summed E-state index contributed by atoms with van der Waals surface area (Å²) in [6.45, 7) is 0.664. The van der Waals surface area contributed by atoms with Gasteiger partial charge in [0.15, 0.2) is 0 Å². The normalized spacial score (nSPS) is 11.3. The predicted octanol–water partition coefficient (Wildman–Crippen LogP) is 1.83. The van der Waals surface area contributed by atoms with Crippen LogP contribution in [0.25, 0.3) is 0 Å². The van der Waals surface area contributed by atoms with Gasteiger partial charge in [0, 0.05) is 18.8 Å². The van der Waals surface area contributed by atoms with Gasteiger partial charge in [0.05, 0.1) is 18.8 Å². The van der Waals surface area contributed by atoms with Crippen molar-refractivity contribution in [3.8, 4) is 0 Å². The number of nitrogens with zero attached hydrogens (tertiary/aromatic N) is 1. The molecule has 2 amide bonds. The molecular weight excluding hydrogens is 289 g/mol. The molecule has 118 valence electrons. The monoisotopic (exact) mass is 306 g/mol. The smallest absolute Gasteiger partial charge is 0.395 e. The number of carbonyl (C=O) groups is 1. The average Bonchev–Trinajstić information content (AvgIpc) is 2.39. The number of aryl methyl sites for hydroxylation is 1. The Kier molecular flexibility index (Phi) is 5.98. The van der Waals surface area contributed by atoms with Crippen LogP contribution in [0.3, 0.4) is 0 Å². The Bertz CT molecular complexity index is 486. The number of aliphatic hydroxyl groups is 2. The summed E-state index contributed by atoms with van der Waals surface area (Å²) in [6.07, 6.45) is -4.50. The van der Waals surface area contributed by atoms with E-state index in [1.54, 1.807) is 0 Å². The van der Waals surface area contributed by atoms with E-state index in [0.29, 0.717) is 0 Å². The fraction of sp³-hybridized carbons (Fsp3) is 0.462. The van der Waals surface area contributed by atoms with E-state index in [1.165, 1.54) is 19.1 Å². The van der Waals surface area contributed by atoms with Crippen LogP contribution in [0, 0.1) is 6.92 Å². The lowest BCUT2D eigenvalue weighted by Gasteiger charge is -2.21. The molecule has 0 aliphatic carbocycles. The number of amides is 2. The first-order valence-electron chi connectivity index (χ1n) is 6.25. The van der Waals surface area contributed by atoms with Crippen LogP contribution in [0.4, 0.5) is 23.7 Å². The molecule has 5 nitrogen and oxygen atoms in total. The number of rotatable bonds is 5. The van der Waals surface area contributed by atoms with Gasteiger partial charge in [0.25, 0.3) is 0 Å². The fourth-order valence-electron chi connectivity index (χ4n) is 1.76. The Hall–Kier alpha value is -1.80. The number of nitrogens with one attached hydrogen (secondary N) is 1. The molecule has 0 aliphatic heterocycles. The molecule has 0 fully saturated rings. The lowest BCUT2D eigenvalue weighted by molar-refractivity contribution is -0.138. The molecule has 3 N–H and O–H groups in total. The first-order chi connectivity index (χ1) is 9.79. The van der Waals surface area contributed by atoms with Gasteiger partial charge in [-0.1, -0.05) is 6.07 Å². The summed E-state index contributed by atoms with van der Waals surface area (Å²) in [5.41, 5.74) is -0.766. The number of halogens is 3. The van der Waals surface area contributed by atoms with E-state index in [2.05, 4.69) is 5.32 Å². The molecule has 0 saturated heterocycles. The third kappa shape index (κ3) is 4.91. The molecule has 0 unspecified atom stereocenters. The van der Waals surface area contributed by atoms with Gasteiger partial charge in [0.2, 0.25) is 0 Å². The number of aliphatic hydroxyl groups excluding tert-OH is 2. The summed E-state index contributed by atoms with van der Waals surface area (Å²) < 4.78 is 38.3. The van der Waals surface area contributed by atoms with Crippen molar-refractivity contribution in [2.45, 2.75) is 13.1 Å². The van der Waals surface area contributed by atoms with Crippen LogP contribution in [0.2, 0.25) is 0 Å². The van der Waals surface area contributed by atoms with Gasteiger partial charge >= 0.3 is 12.2 Å². The van der Waals surface area contributed by atoms with E-state index >= 15 is 0 Å². The molecule has 0 atom stereocenters. The number of anilines is 1. The van der Waals surface area contributed by atoms with E-state index in [-0.39, 0.29) is 37.6 Å². The second-order valence-corrected chi connectivity index (χ2v) is 4.39. The molecule has 0 radical (unpaired) electrons. The molecule has 1 rings (SSSR count). The van der Waals surface area contributed by atoms with E-state index in [0.717, 1.165) is 11.0 Å². The van der Waals surface area contributed by atoms with E-state index in [4.69, 9.17) is 10.2 Å². The Balaban J connectivity index is 2.90. The highest BCUT2D eigenvalue weighted by Gasteiger charge is 2.32. The Labute approximate surface area is 120 Å². The number of carbonyl (C=O) groups excluding carboxylic acids is 1. The van der Waals surface area contributed by atoms with Crippen LogP contribution >= 0.6 is 0 Å². The minimum atomic E-state index is -4.50. The molecular formula is C13H17F3N2O3. The standard InChI is InChI=1S/C13H17F3N2O3/c1-9-2-3-10(8-11(9)13(14,15)16)17-12(21)18(4-6-19)5-7-20/h2-3,8,19-20H,4-7H2,1H3,(H,17,21). The van der Waals surface area contributed by atoms with Gasteiger partial charge in [-0.15, -0.1) is 0 Å². The molecule has 0 spiro atoms. The molecule has 1 aromatic rings. The van der Waals surface area contributed by atoms with Crippen LogP contribution in [0.15, 0.2) is 18.2 Å². The SMILES string of the molecule is Cc1ccc(NC(=O)N(CCO)CCO)cc1C(F)(F)F. The summed E-state index contributed by atoms with van der Waals surface area (Å²) in [5.74, 6) is 0. The molecule has 8 heteroatoms. The fourth-order valence-corrected chi connectivity index (χ4v) is 1.76. The Morgan fingerprint density at radius 3 is 2.29 bits per heavy atom. The summed E-state index contributed by atoms with van der Waals surface area (Å²) in [4.78, 5) is 13.0. The number of hydrogen-bond donors (Lipinski definition) is 3. The maximum atomic E-state index is 12.8.